The molecular formula is C26H20F10N2O. The SMILES string of the molecule is OC(CN1c2ccccc2N(Cc2cc(F)cc(C(F)(F)F)c2)CC1c1cccc(C(F)(F)F)c1)C(F)(F)F. The first-order chi connectivity index (χ1) is 18.0. The smallest absolute Gasteiger partial charge is 0.382 e. The van der Waals surface area contributed by atoms with Crippen LogP contribution >= 0.6 is 0 Å². The van der Waals surface area contributed by atoms with Gasteiger partial charge in [-0.1, -0.05) is 24.3 Å². The molecule has 1 N–H and O–H groups in total. The fourth-order valence-electron chi connectivity index (χ4n) is 4.55. The second-order valence-electron chi connectivity index (χ2n) is 9.06. The average molecular weight is 566 g/mol. The summed E-state index contributed by atoms with van der Waals surface area (Å²) in [6, 6.07) is 10.5. The highest BCUT2D eigenvalue weighted by Gasteiger charge is 2.43. The summed E-state index contributed by atoms with van der Waals surface area (Å²) in [4.78, 5) is 2.57. The highest BCUT2D eigenvalue weighted by molar-refractivity contribution is 5.75. The highest BCUT2D eigenvalue weighted by atomic mass is 19.4. The lowest BCUT2D eigenvalue weighted by molar-refractivity contribution is -0.200. The van der Waals surface area contributed by atoms with Crippen LogP contribution in [0.3, 0.4) is 0 Å². The first-order valence-electron chi connectivity index (χ1n) is 11.4. The minimum atomic E-state index is -5.03. The summed E-state index contributed by atoms with van der Waals surface area (Å²) in [6.45, 7) is -1.63. The van der Waals surface area contributed by atoms with Crippen LogP contribution < -0.4 is 9.80 Å². The van der Waals surface area contributed by atoms with Gasteiger partial charge in [0.05, 0.1) is 35.1 Å². The normalized spacial score (nSPS) is 17.3. The Morgan fingerprint density at radius 2 is 1.41 bits per heavy atom. The third-order valence-electron chi connectivity index (χ3n) is 6.31. The van der Waals surface area contributed by atoms with Gasteiger partial charge in [0, 0.05) is 13.1 Å². The van der Waals surface area contributed by atoms with Crippen LogP contribution in [0.1, 0.15) is 28.3 Å². The Labute approximate surface area is 215 Å². The van der Waals surface area contributed by atoms with Crippen molar-refractivity contribution in [2.24, 2.45) is 0 Å². The van der Waals surface area contributed by atoms with Crippen LogP contribution in [0.15, 0.2) is 66.7 Å². The average Bonchev–Trinajstić information content (AvgIpc) is 2.83. The lowest BCUT2D eigenvalue weighted by Crippen LogP contribution is -2.49. The van der Waals surface area contributed by atoms with Crippen LogP contribution in [0.25, 0.3) is 0 Å². The number of para-hydroxylation sites is 2. The molecule has 3 aromatic carbocycles. The van der Waals surface area contributed by atoms with Gasteiger partial charge in [0.2, 0.25) is 0 Å². The standard InChI is InChI=1S/C26H20F10N2O/c27-19-9-15(8-18(11-19)25(31,32)33)12-37-13-22(16-4-3-5-17(10-16)24(28,29)30)38(14-23(39)26(34,35)36)21-7-2-1-6-20(21)37/h1-11,22-23,39H,12-14H2. The second kappa shape index (κ2) is 10.2. The molecule has 0 radical (unpaired) electrons. The molecule has 2 atom stereocenters. The number of rotatable bonds is 5. The van der Waals surface area contributed by atoms with E-state index in [2.05, 4.69) is 0 Å². The molecule has 4 rings (SSSR count). The Hall–Kier alpha value is -3.48. The van der Waals surface area contributed by atoms with E-state index in [9.17, 15) is 49.0 Å². The topological polar surface area (TPSA) is 26.7 Å². The molecule has 2 unspecified atom stereocenters. The van der Waals surface area contributed by atoms with Crippen molar-refractivity contribution in [1.82, 2.24) is 0 Å². The number of β-amino-alcohol motifs (C(OH)–C–C–N with tert-alkyl or cyclic N) is 1. The number of halogens is 10. The van der Waals surface area contributed by atoms with Crippen molar-refractivity contribution in [2.45, 2.75) is 37.2 Å². The number of hydrogen-bond acceptors (Lipinski definition) is 3. The van der Waals surface area contributed by atoms with E-state index in [4.69, 9.17) is 0 Å². The molecule has 39 heavy (non-hydrogen) atoms. The summed E-state index contributed by atoms with van der Waals surface area (Å²) < 4.78 is 134. The molecule has 13 heteroatoms. The van der Waals surface area contributed by atoms with Crippen LogP contribution in [0.4, 0.5) is 55.3 Å². The molecule has 0 saturated heterocycles. The number of hydrogen-bond donors (Lipinski definition) is 1. The van der Waals surface area contributed by atoms with Gasteiger partial charge in [0.25, 0.3) is 0 Å². The van der Waals surface area contributed by atoms with Crippen molar-refractivity contribution < 1.29 is 49.0 Å². The monoisotopic (exact) mass is 566 g/mol. The summed E-state index contributed by atoms with van der Waals surface area (Å²) in [5.74, 6) is -1.16. The highest BCUT2D eigenvalue weighted by Crippen LogP contribution is 2.43. The van der Waals surface area contributed by atoms with E-state index in [0.29, 0.717) is 6.07 Å². The van der Waals surface area contributed by atoms with Crippen LogP contribution in [0.5, 0.6) is 0 Å². The minimum Gasteiger partial charge on any atom is -0.382 e. The third kappa shape index (κ3) is 6.40. The van der Waals surface area contributed by atoms with Crippen molar-refractivity contribution >= 4 is 11.4 Å². The van der Waals surface area contributed by atoms with Gasteiger partial charge < -0.3 is 14.9 Å². The van der Waals surface area contributed by atoms with Gasteiger partial charge in [-0.25, -0.2) is 4.39 Å². The van der Waals surface area contributed by atoms with Gasteiger partial charge in [-0.15, -0.1) is 0 Å². The summed E-state index contributed by atoms with van der Waals surface area (Å²) in [6.07, 6.45) is -17.5. The summed E-state index contributed by atoms with van der Waals surface area (Å²) in [7, 11) is 0. The van der Waals surface area contributed by atoms with Crippen molar-refractivity contribution in [3.63, 3.8) is 0 Å². The molecule has 210 valence electrons. The van der Waals surface area contributed by atoms with Crippen LogP contribution in [0, 0.1) is 5.82 Å². The molecule has 0 spiro atoms. The van der Waals surface area contributed by atoms with Crippen LogP contribution in [-0.2, 0) is 18.9 Å². The Morgan fingerprint density at radius 1 is 0.769 bits per heavy atom. The zero-order chi connectivity index (χ0) is 28.8. The lowest BCUT2D eigenvalue weighted by Gasteiger charge is -2.46. The van der Waals surface area contributed by atoms with E-state index in [1.54, 1.807) is 0 Å². The number of nitrogens with zero attached hydrogens (tertiary/aromatic N) is 2. The van der Waals surface area contributed by atoms with E-state index >= 15 is 0 Å². The number of alkyl halides is 9. The maximum atomic E-state index is 14.1. The summed E-state index contributed by atoms with van der Waals surface area (Å²) in [5, 5.41) is 9.84. The van der Waals surface area contributed by atoms with Gasteiger partial charge in [-0.3, -0.25) is 0 Å². The second-order valence-corrected chi connectivity index (χ2v) is 9.06. The van der Waals surface area contributed by atoms with E-state index < -0.39 is 54.2 Å². The quantitative estimate of drug-likeness (QED) is 0.327. The Kier molecular flexibility index (Phi) is 7.50. The molecule has 0 fully saturated rings. The fourth-order valence-corrected chi connectivity index (χ4v) is 4.55. The minimum absolute atomic E-state index is 0.0334. The Balaban J connectivity index is 1.81. The first kappa shape index (κ1) is 28.5. The van der Waals surface area contributed by atoms with Crippen LogP contribution in [-0.4, -0.2) is 30.5 Å². The molecule has 0 saturated carbocycles. The number of aliphatic hydroxyl groups is 1. The zero-order valence-corrected chi connectivity index (χ0v) is 19.7. The first-order valence-corrected chi connectivity index (χ1v) is 11.4. The maximum Gasteiger partial charge on any atom is 0.416 e. The molecule has 3 nitrogen and oxygen atoms in total. The molecule has 3 aromatic rings. The van der Waals surface area contributed by atoms with Crippen molar-refractivity contribution in [1.29, 1.82) is 0 Å². The lowest BCUT2D eigenvalue weighted by atomic mass is 9.96. The van der Waals surface area contributed by atoms with Gasteiger partial charge in [0.15, 0.2) is 6.10 Å². The predicted molar refractivity (Wildman–Crippen MR) is 122 cm³/mol. The van der Waals surface area contributed by atoms with E-state index in [0.717, 1.165) is 35.2 Å². The van der Waals surface area contributed by atoms with Crippen LogP contribution in [0.2, 0.25) is 0 Å². The zero-order valence-electron chi connectivity index (χ0n) is 19.7. The maximum absolute atomic E-state index is 14.1. The van der Waals surface area contributed by atoms with Gasteiger partial charge in [-0.2, -0.15) is 39.5 Å². The van der Waals surface area contributed by atoms with Crippen molar-refractivity contribution in [3.8, 4) is 0 Å². The summed E-state index contributed by atoms with van der Waals surface area (Å²) in [5.41, 5.74) is -2.10. The molecule has 1 aliphatic heterocycles. The number of benzene rings is 3. The number of anilines is 2. The fraction of sp³-hybridized carbons (Fsp3) is 0.308. The Bertz CT molecular complexity index is 1320. The molecule has 0 aromatic heterocycles. The molecule has 1 aliphatic rings. The Morgan fingerprint density at radius 3 is 2.03 bits per heavy atom. The summed E-state index contributed by atoms with van der Waals surface area (Å²) >= 11 is 0. The van der Waals surface area contributed by atoms with E-state index in [-0.39, 0.29) is 35.6 Å². The van der Waals surface area contributed by atoms with Gasteiger partial charge >= 0.3 is 18.5 Å². The molecular weight excluding hydrogens is 546 g/mol. The molecule has 0 amide bonds. The molecule has 0 aliphatic carbocycles. The van der Waals surface area contributed by atoms with Crippen molar-refractivity contribution in [2.75, 3.05) is 22.9 Å². The number of aliphatic hydroxyl groups excluding tert-OH is 1. The van der Waals surface area contributed by atoms with E-state index in [1.807, 2.05) is 0 Å². The van der Waals surface area contributed by atoms with Gasteiger partial charge in [0.1, 0.15) is 5.82 Å². The molecule has 0 bridgehead atoms. The largest absolute Gasteiger partial charge is 0.416 e. The predicted octanol–water partition coefficient (Wildman–Crippen LogP) is 7.35. The third-order valence-corrected chi connectivity index (χ3v) is 6.31. The number of fused-ring (bicyclic) bond motifs is 1. The van der Waals surface area contributed by atoms with E-state index in [1.165, 1.54) is 35.2 Å². The van der Waals surface area contributed by atoms with Gasteiger partial charge in [-0.05, 0) is 53.6 Å². The molecule has 1 heterocycles. The van der Waals surface area contributed by atoms with Crippen molar-refractivity contribution in [3.05, 3.63) is 94.8 Å².